The fourth-order valence-electron chi connectivity index (χ4n) is 5.20. The van der Waals surface area contributed by atoms with Crippen molar-refractivity contribution in [3.8, 4) is 0 Å². The van der Waals surface area contributed by atoms with Gasteiger partial charge in [0.25, 0.3) is 0 Å². The minimum atomic E-state index is -0.923. The lowest BCUT2D eigenvalue weighted by atomic mass is 9.70. The Morgan fingerprint density at radius 1 is 1.15 bits per heavy atom. The van der Waals surface area contributed by atoms with Crippen LogP contribution in [0.15, 0.2) is 75.3 Å². The van der Waals surface area contributed by atoms with Crippen molar-refractivity contribution < 1.29 is 14.7 Å². The van der Waals surface area contributed by atoms with Crippen LogP contribution in [0, 0.1) is 11.3 Å². The standard InChI is InChI=1S/C29H30BrN5O3S/c1-28(2,3)23-16-35(27(37)38)13-12-29(23)33-25(18-8-10-20(30)11-9-18)26(34-29)39-17-24(36)32-21-14-19-6-4-5-7-22(19)31-15-21/h4-11,14-15,23H,12-13,16-17H2,1-3H3,(H,32,36)(H,37,38). The van der Waals surface area contributed by atoms with Crippen LogP contribution in [0.2, 0.25) is 0 Å². The van der Waals surface area contributed by atoms with Gasteiger partial charge in [-0.25, -0.2) is 9.79 Å². The lowest BCUT2D eigenvalue weighted by molar-refractivity contribution is -0.113. The third-order valence-electron chi connectivity index (χ3n) is 7.16. The number of rotatable bonds is 4. The number of hydrogen-bond acceptors (Lipinski definition) is 6. The third-order valence-corrected chi connectivity index (χ3v) is 8.65. The summed E-state index contributed by atoms with van der Waals surface area (Å²) in [5.41, 5.74) is 2.13. The normalized spacial score (nSPS) is 21.1. The fourth-order valence-corrected chi connectivity index (χ4v) is 6.33. The highest BCUT2D eigenvalue weighted by atomic mass is 79.9. The highest BCUT2D eigenvalue weighted by Gasteiger charge is 2.52. The molecule has 1 aromatic heterocycles. The summed E-state index contributed by atoms with van der Waals surface area (Å²) in [6, 6.07) is 17.5. The maximum absolute atomic E-state index is 13.0. The Kier molecular flexibility index (Phi) is 7.52. The monoisotopic (exact) mass is 607 g/mol. The summed E-state index contributed by atoms with van der Waals surface area (Å²) in [5.74, 6) is -0.140. The molecule has 0 aliphatic carbocycles. The van der Waals surface area contributed by atoms with Gasteiger partial charge >= 0.3 is 6.09 Å². The molecule has 1 saturated heterocycles. The molecule has 5 rings (SSSR count). The van der Waals surface area contributed by atoms with Crippen LogP contribution in [0.1, 0.15) is 32.8 Å². The van der Waals surface area contributed by atoms with Gasteiger partial charge in [0.1, 0.15) is 5.04 Å². The van der Waals surface area contributed by atoms with E-state index in [1.807, 2.05) is 54.6 Å². The van der Waals surface area contributed by atoms with Gasteiger partial charge in [0.15, 0.2) is 5.66 Å². The number of likely N-dealkylation sites (tertiary alicyclic amines) is 1. The number of benzene rings is 2. The number of carboxylic acid groups (broad SMARTS) is 1. The van der Waals surface area contributed by atoms with Crippen molar-refractivity contribution in [3.63, 3.8) is 0 Å². The van der Waals surface area contributed by atoms with Crippen LogP contribution in [0.3, 0.4) is 0 Å². The second-order valence-corrected chi connectivity index (χ2v) is 12.8. The number of piperidine rings is 1. The number of nitrogens with one attached hydrogen (secondary N) is 1. The van der Waals surface area contributed by atoms with Gasteiger partial charge in [-0.3, -0.25) is 14.8 Å². The zero-order valence-corrected chi connectivity index (χ0v) is 24.4. The molecule has 39 heavy (non-hydrogen) atoms. The summed E-state index contributed by atoms with van der Waals surface area (Å²) in [6.45, 7) is 7.02. The number of anilines is 1. The van der Waals surface area contributed by atoms with Crippen LogP contribution in [0.25, 0.3) is 10.9 Å². The molecule has 2 amide bonds. The lowest BCUT2D eigenvalue weighted by Crippen LogP contribution is -2.55. The van der Waals surface area contributed by atoms with Crippen molar-refractivity contribution in [3.05, 3.63) is 70.8 Å². The van der Waals surface area contributed by atoms with E-state index >= 15 is 0 Å². The SMILES string of the molecule is CC(C)(C)C1CN(C(=O)O)CCC12N=C(SCC(=O)Nc1cnc3ccccc3c1)C(c1ccc(Br)cc1)=N2. The van der Waals surface area contributed by atoms with Crippen LogP contribution in [0.5, 0.6) is 0 Å². The molecule has 3 aromatic rings. The summed E-state index contributed by atoms with van der Waals surface area (Å²) in [5, 5.41) is 14.3. The number of amides is 2. The molecule has 3 heterocycles. The predicted octanol–water partition coefficient (Wildman–Crippen LogP) is 6.31. The predicted molar refractivity (Wildman–Crippen MR) is 161 cm³/mol. The molecule has 2 aliphatic rings. The first-order chi connectivity index (χ1) is 18.5. The second kappa shape index (κ2) is 10.7. The summed E-state index contributed by atoms with van der Waals surface area (Å²) >= 11 is 4.85. The number of aliphatic imine (C=N–C) groups is 2. The number of aromatic nitrogens is 1. The van der Waals surface area contributed by atoms with Gasteiger partial charge in [-0.05, 0) is 29.7 Å². The molecule has 2 atom stereocenters. The molecule has 8 nitrogen and oxygen atoms in total. The number of nitrogens with zero attached hydrogens (tertiary/aromatic N) is 4. The molecule has 1 fully saturated rings. The maximum atomic E-state index is 13.0. The zero-order chi connectivity index (χ0) is 27.8. The summed E-state index contributed by atoms with van der Waals surface area (Å²) in [6.07, 6.45) is 1.22. The van der Waals surface area contributed by atoms with Gasteiger partial charge < -0.3 is 15.3 Å². The van der Waals surface area contributed by atoms with E-state index in [-0.39, 0.29) is 23.0 Å². The molecule has 2 N–H and O–H groups in total. The average molecular weight is 609 g/mol. The molecule has 10 heteroatoms. The largest absolute Gasteiger partial charge is 0.465 e. The van der Waals surface area contributed by atoms with Crippen molar-refractivity contribution in [2.75, 3.05) is 24.2 Å². The van der Waals surface area contributed by atoms with Crippen LogP contribution < -0.4 is 5.32 Å². The molecule has 2 aromatic carbocycles. The van der Waals surface area contributed by atoms with Gasteiger partial charge in [-0.1, -0.05) is 78.8 Å². The van der Waals surface area contributed by atoms with E-state index < -0.39 is 11.8 Å². The average Bonchev–Trinajstić information content (AvgIpc) is 3.25. The molecule has 1 spiro atoms. The van der Waals surface area contributed by atoms with E-state index in [1.165, 1.54) is 16.7 Å². The van der Waals surface area contributed by atoms with Gasteiger partial charge in [0.2, 0.25) is 5.91 Å². The number of halogens is 1. The lowest BCUT2D eigenvalue weighted by Gasteiger charge is -2.47. The second-order valence-electron chi connectivity index (χ2n) is 10.9. The van der Waals surface area contributed by atoms with Gasteiger partial charge in [-0.2, -0.15) is 0 Å². The number of hydrogen-bond donors (Lipinski definition) is 2. The summed E-state index contributed by atoms with van der Waals surface area (Å²) in [4.78, 5) is 41.0. The highest BCUT2D eigenvalue weighted by molar-refractivity contribution is 9.10. The summed E-state index contributed by atoms with van der Waals surface area (Å²) < 4.78 is 0.955. The van der Waals surface area contributed by atoms with E-state index in [0.717, 1.165) is 26.7 Å². The Balaban J connectivity index is 1.41. The van der Waals surface area contributed by atoms with Crippen molar-refractivity contribution in [1.82, 2.24) is 9.88 Å². The molecule has 2 aliphatic heterocycles. The Morgan fingerprint density at radius 2 is 1.90 bits per heavy atom. The first-order valence-corrected chi connectivity index (χ1v) is 14.5. The van der Waals surface area contributed by atoms with Gasteiger partial charge in [0.05, 0.1) is 28.9 Å². The molecule has 0 bridgehead atoms. The summed E-state index contributed by atoms with van der Waals surface area (Å²) in [7, 11) is 0. The Bertz CT molecular complexity index is 1480. The van der Waals surface area contributed by atoms with Crippen LogP contribution >= 0.6 is 27.7 Å². The number of pyridine rings is 1. The number of fused-ring (bicyclic) bond motifs is 1. The zero-order valence-electron chi connectivity index (χ0n) is 22.0. The molecule has 2 unspecified atom stereocenters. The van der Waals surface area contributed by atoms with E-state index in [1.54, 1.807) is 6.20 Å². The van der Waals surface area contributed by atoms with Crippen LogP contribution in [-0.2, 0) is 4.79 Å². The Morgan fingerprint density at radius 3 is 2.62 bits per heavy atom. The number of carbonyl (C=O) groups is 2. The van der Waals surface area contributed by atoms with E-state index in [0.29, 0.717) is 30.2 Å². The van der Waals surface area contributed by atoms with Gasteiger partial charge in [0, 0.05) is 40.9 Å². The molecule has 0 radical (unpaired) electrons. The number of thioether (sulfide) groups is 1. The first kappa shape index (κ1) is 27.3. The Hall–Kier alpha value is -3.24. The van der Waals surface area contributed by atoms with Crippen molar-refractivity contribution >= 4 is 67.0 Å². The Labute approximate surface area is 240 Å². The van der Waals surface area contributed by atoms with E-state index in [9.17, 15) is 14.7 Å². The maximum Gasteiger partial charge on any atom is 0.407 e. The number of para-hydroxylation sites is 1. The molecule has 202 valence electrons. The highest BCUT2D eigenvalue weighted by Crippen LogP contribution is 2.47. The number of carbonyl (C=O) groups excluding carboxylic acids is 1. The van der Waals surface area contributed by atoms with Crippen molar-refractivity contribution in [1.29, 1.82) is 0 Å². The topological polar surface area (TPSA) is 107 Å². The minimum Gasteiger partial charge on any atom is -0.465 e. The van der Waals surface area contributed by atoms with Crippen LogP contribution in [0.4, 0.5) is 10.5 Å². The molecular formula is C29H30BrN5O3S. The third kappa shape index (κ3) is 5.86. The minimum absolute atomic E-state index is 0.129. The molecular weight excluding hydrogens is 578 g/mol. The van der Waals surface area contributed by atoms with E-state index in [4.69, 9.17) is 9.98 Å². The molecule has 0 saturated carbocycles. The fraction of sp³-hybridized carbons (Fsp3) is 0.345. The first-order valence-electron chi connectivity index (χ1n) is 12.8. The van der Waals surface area contributed by atoms with E-state index in [2.05, 4.69) is 47.0 Å². The quantitative estimate of drug-likeness (QED) is 0.361. The van der Waals surface area contributed by atoms with Crippen molar-refractivity contribution in [2.24, 2.45) is 21.3 Å². The smallest absolute Gasteiger partial charge is 0.407 e. The van der Waals surface area contributed by atoms with Crippen molar-refractivity contribution in [2.45, 2.75) is 32.9 Å². The van der Waals surface area contributed by atoms with Crippen LogP contribution in [-0.4, -0.2) is 62.3 Å². The van der Waals surface area contributed by atoms with Gasteiger partial charge in [-0.15, -0.1) is 0 Å².